The molecular formula is C18H26N2O2. The summed E-state index contributed by atoms with van der Waals surface area (Å²) in [6.07, 6.45) is 4.42. The van der Waals surface area contributed by atoms with Gasteiger partial charge in [0.05, 0.1) is 0 Å². The Labute approximate surface area is 132 Å². The van der Waals surface area contributed by atoms with Crippen molar-refractivity contribution in [2.45, 2.75) is 50.2 Å². The highest BCUT2D eigenvalue weighted by Crippen LogP contribution is 2.39. The van der Waals surface area contributed by atoms with E-state index in [-0.39, 0.29) is 11.4 Å². The molecule has 2 aliphatic heterocycles. The van der Waals surface area contributed by atoms with Gasteiger partial charge in [-0.1, -0.05) is 37.3 Å². The van der Waals surface area contributed by atoms with Crippen molar-refractivity contribution in [2.75, 3.05) is 19.7 Å². The molecule has 0 spiro atoms. The Morgan fingerprint density at radius 3 is 2.45 bits per heavy atom. The van der Waals surface area contributed by atoms with Crippen molar-refractivity contribution in [3.63, 3.8) is 0 Å². The number of benzene rings is 1. The summed E-state index contributed by atoms with van der Waals surface area (Å²) in [7, 11) is 0. The molecule has 0 aliphatic carbocycles. The van der Waals surface area contributed by atoms with Gasteiger partial charge in [0, 0.05) is 25.2 Å². The first-order valence-corrected chi connectivity index (χ1v) is 8.37. The van der Waals surface area contributed by atoms with Crippen molar-refractivity contribution in [1.82, 2.24) is 4.90 Å². The van der Waals surface area contributed by atoms with Gasteiger partial charge in [-0.3, -0.25) is 4.79 Å². The molecule has 1 aromatic rings. The zero-order valence-corrected chi connectivity index (χ0v) is 13.4. The van der Waals surface area contributed by atoms with E-state index in [1.807, 2.05) is 35.2 Å². The van der Waals surface area contributed by atoms with Crippen LogP contribution in [0.25, 0.3) is 0 Å². The van der Waals surface area contributed by atoms with E-state index < -0.39 is 5.60 Å². The van der Waals surface area contributed by atoms with Crippen molar-refractivity contribution in [1.29, 1.82) is 0 Å². The van der Waals surface area contributed by atoms with Gasteiger partial charge in [-0.15, -0.1) is 0 Å². The number of rotatable bonds is 3. The number of likely N-dealkylation sites (tertiary alicyclic amines) is 1. The van der Waals surface area contributed by atoms with Gasteiger partial charge in [0.25, 0.3) is 5.91 Å². The molecule has 1 unspecified atom stereocenters. The Morgan fingerprint density at radius 2 is 1.91 bits per heavy atom. The number of hydrogen-bond donors (Lipinski definition) is 1. The molecule has 2 aliphatic rings. The Balaban J connectivity index is 1.80. The van der Waals surface area contributed by atoms with Gasteiger partial charge in [-0.25, -0.2) is 0 Å². The quantitative estimate of drug-likeness (QED) is 0.933. The monoisotopic (exact) mass is 302 g/mol. The molecular weight excluding hydrogens is 276 g/mol. The van der Waals surface area contributed by atoms with Crippen LogP contribution < -0.4 is 5.73 Å². The molecule has 0 bridgehead atoms. The summed E-state index contributed by atoms with van der Waals surface area (Å²) in [5, 5.41) is 0. The predicted molar refractivity (Wildman–Crippen MR) is 86.3 cm³/mol. The average molecular weight is 302 g/mol. The van der Waals surface area contributed by atoms with Crippen molar-refractivity contribution in [3.8, 4) is 0 Å². The second-order valence-electron chi connectivity index (χ2n) is 6.65. The summed E-state index contributed by atoms with van der Waals surface area (Å²) < 4.78 is 6.00. The first kappa shape index (κ1) is 15.5. The highest BCUT2D eigenvalue weighted by molar-refractivity contribution is 5.87. The Hall–Kier alpha value is -1.39. The van der Waals surface area contributed by atoms with E-state index in [2.05, 4.69) is 6.92 Å². The highest BCUT2D eigenvalue weighted by Gasteiger charge is 2.47. The molecule has 4 nitrogen and oxygen atoms in total. The number of carbonyl (C=O) groups excluding carboxylic acids is 1. The minimum Gasteiger partial charge on any atom is -0.360 e. The maximum atomic E-state index is 13.2. The van der Waals surface area contributed by atoms with E-state index in [0.717, 1.165) is 50.8 Å². The molecule has 3 rings (SSSR count). The van der Waals surface area contributed by atoms with Crippen LogP contribution in [0.4, 0.5) is 0 Å². The van der Waals surface area contributed by atoms with Gasteiger partial charge in [0.1, 0.15) is 0 Å². The van der Waals surface area contributed by atoms with Gasteiger partial charge in [-0.05, 0) is 37.7 Å². The maximum Gasteiger partial charge on any atom is 0.259 e. The number of nitrogens with two attached hydrogens (primary N) is 1. The summed E-state index contributed by atoms with van der Waals surface area (Å²) in [6.45, 7) is 4.26. The largest absolute Gasteiger partial charge is 0.360 e. The number of carbonyl (C=O) groups is 1. The number of nitrogens with zero attached hydrogens (tertiary/aromatic N) is 1. The van der Waals surface area contributed by atoms with Crippen molar-refractivity contribution in [3.05, 3.63) is 35.9 Å². The maximum absolute atomic E-state index is 13.2. The third kappa shape index (κ3) is 2.66. The zero-order valence-electron chi connectivity index (χ0n) is 13.4. The fraction of sp³-hybridized carbons (Fsp3) is 0.611. The van der Waals surface area contributed by atoms with Crippen LogP contribution in [0.2, 0.25) is 0 Å². The van der Waals surface area contributed by atoms with E-state index in [1.165, 1.54) is 0 Å². The van der Waals surface area contributed by atoms with E-state index in [9.17, 15) is 4.79 Å². The summed E-state index contributed by atoms with van der Waals surface area (Å²) >= 11 is 0. The lowest BCUT2D eigenvalue weighted by Crippen LogP contribution is -2.55. The first-order valence-electron chi connectivity index (χ1n) is 8.37. The van der Waals surface area contributed by atoms with Crippen molar-refractivity contribution < 1.29 is 9.53 Å². The van der Waals surface area contributed by atoms with Gasteiger partial charge >= 0.3 is 0 Å². The summed E-state index contributed by atoms with van der Waals surface area (Å²) in [4.78, 5) is 15.1. The van der Waals surface area contributed by atoms with E-state index in [4.69, 9.17) is 10.5 Å². The van der Waals surface area contributed by atoms with E-state index in [0.29, 0.717) is 6.61 Å². The summed E-state index contributed by atoms with van der Waals surface area (Å²) in [5.74, 6) is 0.120. The molecule has 0 aromatic heterocycles. The smallest absolute Gasteiger partial charge is 0.259 e. The van der Waals surface area contributed by atoms with Crippen molar-refractivity contribution in [2.24, 2.45) is 5.73 Å². The SMILES string of the molecule is CCC1(N)CCN(C(=O)C2(c3ccccc3)CCCO2)CC1. The van der Waals surface area contributed by atoms with Gasteiger partial charge in [0.15, 0.2) is 5.60 Å². The average Bonchev–Trinajstić information content (AvgIpc) is 3.07. The Morgan fingerprint density at radius 1 is 1.23 bits per heavy atom. The van der Waals surface area contributed by atoms with Gasteiger partial charge in [0.2, 0.25) is 0 Å². The van der Waals surface area contributed by atoms with Crippen LogP contribution in [-0.2, 0) is 15.1 Å². The van der Waals surface area contributed by atoms with Crippen LogP contribution in [0.5, 0.6) is 0 Å². The number of piperidine rings is 1. The van der Waals surface area contributed by atoms with Crippen LogP contribution in [-0.4, -0.2) is 36.0 Å². The second kappa shape index (κ2) is 6.01. The molecule has 0 radical (unpaired) electrons. The normalized spacial score (nSPS) is 27.8. The van der Waals surface area contributed by atoms with Gasteiger partial charge in [-0.2, -0.15) is 0 Å². The minimum absolute atomic E-state index is 0.104. The molecule has 1 aromatic carbocycles. The first-order chi connectivity index (χ1) is 10.6. The lowest BCUT2D eigenvalue weighted by atomic mass is 9.84. The van der Waals surface area contributed by atoms with Crippen LogP contribution in [0.15, 0.2) is 30.3 Å². The number of hydrogen-bond acceptors (Lipinski definition) is 3. The molecule has 1 atom stereocenters. The molecule has 4 heteroatoms. The van der Waals surface area contributed by atoms with Crippen molar-refractivity contribution >= 4 is 5.91 Å². The topological polar surface area (TPSA) is 55.6 Å². The highest BCUT2D eigenvalue weighted by atomic mass is 16.5. The molecule has 0 saturated carbocycles. The molecule has 2 saturated heterocycles. The molecule has 2 heterocycles. The number of ether oxygens (including phenoxy) is 1. The fourth-order valence-electron chi connectivity index (χ4n) is 3.63. The Bertz CT molecular complexity index is 515. The lowest BCUT2D eigenvalue weighted by molar-refractivity contribution is -0.156. The predicted octanol–water partition coefficient (Wildman–Crippen LogP) is 2.42. The molecule has 120 valence electrons. The molecule has 2 N–H and O–H groups in total. The fourth-order valence-corrected chi connectivity index (χ4v) is 3.63. The third-order valence-electron chi connectivity index (χ3n) is 5.36. The minimum atomic E-state index is -0.776. The summed E-state index contributed by atoms with van der Waals surface area (Å²) in [5.41, 5.74) is 6.45. The van der Waals surface area contributed by atoms with E-state index in [1.54, 1.807) is 0 Å². The standard InChI is InChI=1S/C18H26N2O2/c1-2-17(19)10-12-20(13-11-17)16(21)18(9-6-14-22-18)15-7-4-3-5-8-15/h3-5,7-8H,2,6,9-14,19H2,1H3. The third-order valence-corrected chi connectivity index (χ3v) is 5.36. The Kier molecular flexibility index (Phi) is 4.24. The van der Waals surface area contributed by atoms with E-state index >= 15 is 0 Å². The van der Waals surface area contributed by atoms with Gasteiger partial charge < -0.3 is 15.4 Å². The van der Waals surface area contributed by atoms with Crippen LogP contribution in [0, 0.1) is 0 Å². The molecule has 2 fully saturated rings. The zero-order chi connectivity index (χ0) is 15.6. The van der Waals surface area contributed by atoms with Crippen LogP contribution in [0.3, 0.4) is 0 Å². The second-order valence-corrected chi connectivity index (χ2v) is 6.65. The van der Waals surface area contributed by atoms with Crippen LogP contribution >= 0.6 is 0 Å². The molecule has 22 heavy (non-hydrogen) atoms. The van der Waals surface area contributed by atoms with Crippen LogP contribution in [0.1, 0.15) is 44.6 Å². The number of amides is 1. The molecule has 1 amide bonds. The summed E-state index contributed by atoms with van der Waals surface area (Å²) in [6, 6.07) is 9.94. The lowest BCUT2D eigenvalue weighted by Gasteiger charge is -2.42.